The molecule has 45 heavy (non-hydrogen) atoms. The predicted octanol–water partition coefficient (Wildman–Crippen LogP) is 9.20. The van der Waals surface area contributed by atoms with Crippen LogP contribution in [0, 0.1) is 11.6 Å². The number of hydrogen-bond acceptors (Lipinski definition) is 2. The van der Waals surface area contributed by atoms with Crippen LogP contribution in [0.15, 0.2) is 59.1 Å². The summed E-state index contributed by atoms with van der Waals surface area (Å²) in [5.41, 5.74) is -15.6. The Morgan fingerprint density at radius 2 is 1.33 bits per heavy atom. The van der Waals surface area contributed by atoms with Gasteiger partial charge in [0.1, 0.15) is 5.82 Å². The lowest BCUT2D eigenvalue weighted by molar-refractivity contribution is -0.389. The van der Waals surface area contributed by atoms with Crippen molar-refractivity contribution in [1.82, 2.24) is 0 Å². The van der Waals surface area contributed by atoms with Gasteiger partial charge in [-0.25, -0.2) is 13.2 Å². The third-order valence-corrected chi connectivity index (χ3v) is 6.82. The van der Waals surface area contributed by atoms with Crippen molar-refractivity contribution >= 4 is 39.1 Å². The smallest absolute Gasteiger partial charge is 0.320 e. The number of alkyl halides is 12. The van der Waals surface area contributed by atoms with Gasteiger partial charge in [-0.2, -0.15) is 48.3 Å². The normalized spacial score (nSPS) is 14.1. The van der Waals surface area contributed by atoms with E-state index in [4.69, 9.17) is 0 Å². The Kier molecular flexibility index (Phi) is 9.32. The van der Waals surface area contributed by atoms with Gasteiger partial charge in [0.05, 0.1) is 22.5 Å². The van der Waals surface area contributed by atoms with E-state index in [0.717, 1.165) is 43.4 Å². The lowest BCUT2D eigenvalue weighted by Crippen LogP contribution is -2.59. The molecule has 0 aliphatic carbocycles. The molecule has 3 rings (SSSR count). The summed E-state index contributed by atoms with van der Waals surface area (Å²) >= 11 is 2.23. The zero-order chi connectivity index (χ0) is 34.5. The molecule has 1 atom stereocenters. The summed E-state index contributed by atoms with van der Waals surface area (Å²) < 4.78 is 190. The minimum absolute atomic E-state index is 0.161. The van der Waals surface area contributed by atoms with Crippen LogP contribution in [0.4, 0.5) is 72.8 Å². The summed E-state index contributed by atoms with van der Waals surface area (Å²) in [7, 11) is 1.00. The van der Waals surface area contributed by atoms with Crippen LogP contribution in [-0.4, -0.2) is 37.1 Å². The molecule has 3 aromatic carbocycles. The minimum atomic E-state index is -7.30. The average Bonchev–Trinajstić information content (AvgIpc) is 2.91. The van der Waals surface area contributed by atoms with Crippen LogP contribution in [0.1, 0.15) is 31.8 Å². The second-order valence-electron chi connectivity index (χ2n) is 9.07. The minimum Gasteiger partial charge on any atom is -0.320 e. The van der Waals surface area contributed by atoms with E-state index < -0.39 is 98.2 Å². The fourth-order valence-corrected chi connectivity index (χ4v) is 4.46. The van der Waals surface area contributed by atoms with Crippen LogP contribution < -0.4 is 10.2 Å². The van der Waals surface area contributed by atoms with Gasteiger partial charge in [-0.1, -0.05) is 6.07 Å². The van der Waals surface area contributed by atoms with Gasteiger partial charge in [-0.15, -0.1) is 0 Å². The van der Waals surface area contributed by atoms with E-state index in [1.54, 1.807) is 0 Å². The van der Waals surface area contributed by atoms with Crippen LogP contribution >= 0.6 is 15.9 Å². The number of benzene rings is 3. The Morgan fingerprint density at radius 1 is 0.778 bits per heavy atom. The second-order valence-corrected chi connectivity index (χ2v) is 9.92. The molecule has 0 heterocycles. The largest absolute Gasteiger partial charge is 0.457 e. The lowest BCUT2D eigenvalue weighted by Gasteiger charge is -2.36. The molecule has 19 heteroatoms. The molecule has 0 saturated heterocycles. The van der Waals surface area contributed by atoms with Gasteiger partial charge >= 0.3 is 30.1 Å². The highest BCUT2D eigenvalue weighted by atomic mass is 79.9. The van der Waals surface area contributed by atoms with E-state index in [-0.39, 0.29) is 5.56 Å². The number of nitrogens with zero attached hydrogens (tertiary/aromatic N) is 1. The molecule has 1 N–H and O–H groups in total. The number of nitrogens with one attached hydrogen (secondary N) is 1. The molecular weight excluding hydrogens is 718 g/mol. The maximum Gasteiger partial charge on any atom is 0.457 e. The van der Waals surface area contributed by atoms with E-state index >= 15 is 4.39 Å². The molecule has 0 spiro atoms. The van der Waals surface area contributed by atoms with Crippen molar-refractivity contribution in [2.24, 2.45) is 0 Å². The molecule has 0 radical (unpaired) electrons. The van der Waals surface area contributed by atoms with Crippen molar-refractivity contribution in [2.45, 2.75) is 30.1 Å². The first-order valence-corrected chi connectivity index (χ1v) is 12.4. The van der Waals surface area contributed by atoms with Gasteiger partial charge in [-0.05, 0) is 64.5 Å². The maximum absolute atomic E-state index is 15.3. The van der Waals surface area contributed by atoms with Crippen molar-refractivity contribution in [3.05, 3.63) is 93.0 Å². The highest BCUT2D eigenvalue weighted by molar-refractivity contribution is 9.10. The number of carbonyl (C=O) groups is 2. The number of rotatable bonds is 6. The molecule has 0 aliphatic heterocycles. The quantitative estimate of drug-likeness (QED) is 0.257. The van der Waals surface area contributed by atoms with Gasteiger partial charge in [-0.3, -0.25) is 9.59 Å². The Morgan fingerprint density at radius 3 is 1.82 bits per heavy atom. The molecule has 3 aromatic rings. The van der Waals surface area contributed by atoms with Crippen LogP contribution in [0.5, 0.6) is 0 Å². The molecule has 244 valence electrons. The van der Waals surface area contributed by atoms with Gasteiger partial charge in [0.2, 0.25) is 0 Å². The average molecular weight is 731 g/mol. The van der Waals surface area contributed by atoms with Gasteiger partial charge in [0.25, 0.3) is 11.8 Å². The summed E-state index contributed by atoms with van der Waals surface area (Å²) in [5.74, 6) is -12.3. The molecule has 0 fully saturated rings. The van der Waals surface area contributed by atoms with Gasteiger partial charge < -0.3 is 10.2 Å². The zero-order valence-electron chi connectivity index (χ0n) is 21.6. The molecule has 0 bridgehead atoms. The molecule has 1 unspecified atom stereocenters. The monoisotopic (exact) mass is 730 g/mol. The summed E-state index contributed by atoms with van der Waals surface area (Å²) in [6.07, 6.45) is -20.3. The van der Waals surface area contributed by atoms with E-state index in [0.29, 0.717) is 11.0 Å². The molecular formula is C26H13BrF14N2O2. The van der Waals surface area contributed by atoms with Gasteiger partial charge in [0.15, 0.2) is 5.82 Å². The first-order valence-electron chi connectivity index (χ1n) is 11.6. The summed E-state index contributed by atoms with van der Waals surface area (Å²) in [6, 6.07) is 4.93. The first-order chi connectivity index (χ1) is 20.4. The summed E-state index contributed by atoms with van der Waals surface area (Å²) in [4.78, 5) is 26.1. The van der Waals surface area contributed by atoms with Crippen molar-refractivity contribution in [1.29, 1.82) is 0 Å². The maximum atomic E-state index is 15.3. The van der Waals surface area contributed by atoms with E-state index in [2.05, 4.69) is 15.9 Å². The van der Waals surface area contributed by atoms with E-state index in [9.17, 15) is 66.7 Å². The van der Waals surface area contributed by atoms with Crippen molar-refractivity contribution in [3.63, 3.8) is 0 Å². The molecule has 0 saturated carbocycles. The Bertz CT molecular complexity index is 1620. The predicted molar refractivity (Wildman–Crippen MR) is 132 cm³/mol. The SMILES string of the molecule is CN(C(=O)c1ccc(F)cc1)c1cccc(C(=O)Nc2c(Br)cc(C(F)(C(F)(F)F)C(F)(F)C(F)(F)F)cc2C(F)(F)F)c1F. The first kappa shape index (κ1) is 35.6. The van der Waals surface area contributed by atoms with E-state index in [1.165, 1.54) is 5.32 Å². The number of amides is 2. The number of anilines is 2. The standard InChI is InChI=1S/C26H13BrF14N2O2/c1-43(21(45)11-5-7-13(28)8-6-11)17-4-2-3-14(18(17)29)20(44)42-19-15(23(31,32)33)9-12(10-16(19)27)22(30,25(36,37)38)24(34,35)26(39,40)41/h2-10H,1H3,(H,42,44). The van der Waals surface area contributed by atoms with Crippen molar-refractivity contribution in [3.8, 4) is 0 Å². The third kappa shape index (κ3) is 6.44. The van der Waals surface area contributed by atoms with Crippen LogP contribution in [-0.2, 0) is 11.8 Å². The number of carbonyl (C=O) groups excluding carboxylic acids is 2. The third-order valence-electron chi connectivity index (χ3n) is 6.19. The fourth-order valence-electron chi connectivity index (χ4n) is 3.91. The summed E-state index contributed by atoms with van der Waals surface area (Å²) in [6.45, 7) is 0. The summed E-state index contributed by atoms with van der Waals surface area (Å²) in [5, 5.41) is 1.46. The number of hydrogen-bond donors (Lipinski definition) is 1. The Balaban J connectivity index is 2.12. The zero-order valence-corrected chi connectivity index (χ0v) is 23.2. The number of halogens is 15. The van der Waals surface area contributed by atoms with Crippen LogP contribution in [0.2, 0.25) is 0 Å². The Hall–Kier alpha value is -3.90. The molecule has 2 amide bonds. The van der Waals surface area contributed by atoms with Crippen molar-refractivity contribution < 1.29 is 71.1 Å². The fraction of sp³-hybridized carbons (Fsp3) is 0.231. The second kappa shape index (κ2) is 11.8. The molecule has 0 aliphatic rings. The van der Waals surface area contributed by atoms with Gasteiger partial charge in [0, 0.05) is 22.6 Å². The van der Waals surface area contributed by atoms with Crippen LogP contribution in [0.3, 0.4) is 0 Å². The highest BCUT2D eigenvalue weighted by Gasteiger charge is 2.82. The van der Waals surface area contributed by atoms with E-state index in [1.807, 2.05) is 0 Å². The van der Waals surface area contributed by atoms with Crippen LogP contribution in [0.25, 0.3) is 0 Å². The molecule has 4 nitrogen and oxygen atoms in total. The topological polar surface area (TPSA) is 49.4 Å². The van der Waals surface area contributed by atoms with Crippen molar-refractivity contribution in [2.75, 3.05) is 17.3 Å². The lowest BCUT2D eigenvalue weighted by atomic mass is 9.86. The highest BCUT2D eigenvalue weighted by Crippen LogP contribution is 2.59. The molecule has 0 aromatic heterocycles. The Labute approximate surface area is 250 Å².